The van der Waals surface area contributed by atoms with Crippen LogP contribution in [0, 0.1) is 13.8 Å². The zero-order valence-corrected chi connectivity index (χ0v) is 15.5. The Morgan fingerprint density at radius 1 is 1.08 bits per heavy atom. The van der Waals surface area contributed by atoms with Crippen LogP contribution in [0.25, 0.3) is 11.4 Å². The van der Waals surface area contributed by atoms with Crippen LogP contribution < -0.4 is 0 Å². The lowest BCUT2D eigenvalue weighted by Gasteiger charge is -2.28. The van der Waals surface area contributed by atoms with Crippen molar-refractivity contribution in [2.24, 2.45) is 0 Å². The van der Waals surface area contributed by atoms with Crippen molar-refractivity contribution in [3.05, 3.63) is 65.0 Å². The highest BCUT2D eigenvalue weighted by molar-refractivity contribution is 7.89. The largest absolute Gasteiger partial charge is 0.339 e. The van der Waals surface area contributed by atoms with Gasteiger partial charge in [0.15, 0.2) is 0 Å². The number of aromatic nitrogens is 2. The third-order valence-electron chi connectivity index (χ3n) is 4.69. The maximum atomic E-state index is 13.3. The Bertz CT molecular complexity index is 1070. The van der Waals surface area contributed by atoms with Crippen LogP contribution >= 0.6 is 0 Å². The second-order valence-corrected chi connectivity index (χ2v) is 8.38. The second kappa shape index (κ2) is 6.34. The molecule has 1 aliphatic heterocycles. The number of aryl methyl sites for hydroxylation is 2. The number of fused-ring (bicyclic) bond motifs is 1. The quantitative estimate of drug-likeness (QED) is 0.709. The maximum Gasteiger partial charge on any atom is 0.243 e. The maximum absolute atomic E-state index is 13.3. The summed E-state index contributed by atoms with van der Waals surface area (Å²) in [6.45, 7) is 4.37. The molecule has 0 amide bonds. The van der Waals surface area contributed by atoms with Crippen LogP contribution in [0.1, 0.15) is 22.6 Å². The van der Waals surface area contributed by atoms with Crippen molar-refractivity contribution in [1.82, 2.24) is 14.4 Å². The van der Waals surface area contributed by atoms with Crippen molar-refractivity contribution in [3.8, 4) is 11.4 Å². The van der Waals surface area contributed by atoms with Gasteiger partial charge in [0, 0.05) is 25.6 Å². The number of hydrogen-bond acceptors (Lipinski definition) is 5. The molecule has 1 aromatic heterocycles. The fourth-order valence-corrected chi connectivity index (χ4v) is 4.92. The summed E-state index contributed by atoms with van der Waals surface area (Å²) >= 11 is 0. The highest BCUT2D eigenvalue weighted by Gasteiger charge is 2.29. The fraction of sp³-hybridized carbons (Fsp3) is 0.263. The molecule has 0 bridgehead atoms. The van der Waals surface area contributed by atoms with E-state index in [2.05, 4.69) is 16.2 Å². The molecule has 0 spiro atoms. The van der Waals surface area contributed by atoms with Crippen molar-refractivity contribution < 1.29 is 12.9 Å². The first-order valence-electron chi connectivity index (χ1n) is 8.43. The van der Waals surface area contributed by atoms with Gasteiger partial charge in [-0.3, -0.25) is 0 Å². The summed E-state index contributed by atoms with van der Waals surface area (Å²) in [5.74, 6) is 0.834. The molecule has 1 aliphatic rings. The summed E-state index contributed by atoms with van der Waals surface area (Å²) in [7, 11) is -3.61. The predicted octanol–water partition coefficient (Wildman–Crippen LogP) is 3.10. The summed E-state index contributed by atoms with van der Waals surface area (Å²) in [6, 6.07) is 13.2. The van der Waals surface area contributed by atoms with E-state index >= 15 is 0 Å². The minimum atomic E-state index is -3.61. The molecular formula is C19H19N3O3S. The van der Waals surface area contributed by atoms with Gasteiger partial charge in [0.2, 0.25) is 21.7 Å². The zero-order chi connectivity index (χ0) is 18.3. The molecule has 3 aromatic rings. The van der Waals surface area contributed by atoms with E-state index in [9.17, 15) is 8.42 Å². The van der Waals surface area contributed by atoms with E-state index in [4.69, 9.17) is 4.52 Å². The lowest BCUT2D eigenvalue weighted by Crippen LogP contribution is -2.36. The van der Waals surface area contributed by atoms with Crippen LogP contribution in [0.5, 0.6) is 0 Å². The minimum Gasteiger partial charge on any atom is -0.339 e. The number of sulfonamides is 1. The summed E-state index contributed by atoms with van der Waals surface area (Å²) in [6.07, 6.45) is 0.720. The average Bonchev–Trinajstić information content (AvgIpc) is 3.08. The monoisotopic (exact) mass is 369 g/mol. The van der Waals surface area contributed by atoms with Crippen LogP contribution in [0.4, 0.5) is 0 Å². The zero-order valence-electron chi connectivity index (χ0n) is 14.6. The van der Waals surface area contributed by atoms with E-state index in [1.54, 1.807) is 30.3 Å². The Kier molecular flexibility index (Phi) is 4.13. The fourth-order valence-electron chi connectivity index (χ4n) is 3.25. The van der Waals surface area contributed by atoms with Gasteiger partial charge in [-0.25, -0.2) is 8.42 Å². The Labute approximate surface area is 152 Å². The first kappa shape index (κ1) is 16.9. The van der Waals surface area contributed by atoms with Crippen LogP contribution in [-0.2, 0) is 23.0 Å². The molecule has 0 fully saturated rings. The third kappa shape index (κ3) is 2.93. The Balaban J connectivity index is 1.72. The molecule has 6 nitrogen and oxygen atoms in total. The van der Waals surface area contributed by atoms with Gasteiger partial charge in [0.25, 0.3) is 0 Å². The van der Waals surface area contributed by atoms with Gasteiger partial charge < -0.3 is 4.52 Å². The van der Waals surface area contributed by atoms with Gasteiger partial charge >= 0.3 is 0 Å². The molecule has 7 heteroatoms. The second-order valence-electron chi connectivity index (χ2n) is 6.47. The molecular weight excluding hydrogens is 350 g/mol. The summed E-state index contributed by atoms with van der Waals surface area (Å²) in [5.41, 5.74) is 3.60. The van der Waals surface area contributed by atoms with Crippen LogP contribution in [0.2, 0.25) is 0 Å². The van der Waals surface area contributed by atoms with Crippen molar-refractivity contribution in [2.45, 2.75) is 31.7 Å². The first-order chi connectivity index (χ1) is 12.4. The highest BCUT2D eigenvalue weighted by atomic mass is 32.2. The number of benzene rings is 2. The topological polar surface area (TPSA) is 76.3 Å². The van der Waals surface area contributed by atoms with E-state index in [1.807, 2.05) is 24.3 Å². The van der Waals surface area contributed by atoms with E-state index in [-0.39, 0.29) is 4.90 Å². The molecule has 134 valence electrons. The number of hydrogen-bond donors (Lipinski definition) is 0. The predicted molar refractivity (Wildman–Crippen MR) is 96.9 cm³/mol. The number of rotatable bonds is 3. The van der Waals surface area contributed by atoms with E-state index < -0.39 is 10.0 Å². The Morgan fingerprint density at radius 3 is 2.58 bits per heavy atom. The van der Waals surface area contributed by atoms with Gasteiger partial charge in [-0.05, 0) is 36.1 Å². The van der Waals surface area contributed by atoms with Crippen molar-refractivity contribution in [3.63, 3.8) is 0 Å². The minimum absolute atomic E-state index is 0.289. The molecule has 2 heterocycles. The molecule has 0 N–H and O–H groups in total. The lowest BCUT2D eigenvalue weighted by atomic mass is 10.0. The van der Waals surface area contributed by atoms with Gasteiger partial charge in [-0.1, -0.05) is 41.6 Å². The summed E-state index contributed by atoms with van der Waals surface area (Å²) in [4.78, 5) is 4.48. The Morgan fingerprint density at radius 2 is 1.85 bits per heavy atom. The molecule has 0 unspecified atom stereocenters. The van der Waals surface area contributed by atoms with Gasteiger partial charge in [-0.2, -0.15) is 9.29 Å². The standard InChI is InChI=1S/C19H19N3O3S/c1-13-7-8-16(19-20-14(2)25-21-19)11-18(13)26(23,24)22-10-9-15-5-3-4-6-17(15)12-22/h3-8,11H,9-10,12H2,1-2H3. The lowest BCUT2D eigenvalue weighted by molar-refractivity contribution is 0.391. The van der Waals surface area contributed by atoms with E-state index in [0.29, 0.717) is 35.9 Å². The molecule has 4 rings (SSSR count). The van der Waals surface area contributed by atoms with Crippen molar-refractivity contribution in [2.75, 3.05) is 6.54 Å². The first-order valence-corrected chi connectivity index (χ1v) is 9.87. The van der Waals surface area contributed by atoms with Gasteiger partial charge in [-0.15, -0.1) is 0 Å². The molecule has 0 saturated carbocycles. The summed E-state index contributed by atoms with van der Waals surface area (Å²) in [5, 5.41) is 3.89. The summed E-state index contributed by atoms with van der Waals surface area (Å²) < 4.78 is 33.1. The molecule has 26 heavy (non-hydrogen) atoms. The highest BCUT2D eigenvalue weighted by Crippen LogP contribution is 2.29. The van der Waals surface area contributed by atoms with Crippen LogP contribution in [-0.4, -0.2) is 29.4 Å². The van der Waals surface area contributed by atoms with Crippen molar-refractivity contribution >= 4 is 10.0 Å². The number of nitrogens with zero attached hydrogens (tertiary/aromatic N) is 3. The normalized spacial score (nSPS) is 15.0. The van der Waals surface area contributed by atoms with Gasteiger partial charge in [0.05, 0.1) is 4.90 Å². The van der Waals surface area contributed by atoms with Crippen molar-refractivity contribution in [1.29, 1.82) is 0 Å². The molecule has 0 saturated heterocycles. The SMILES string of the molecule is Cc1nc(-c2ccc(C)c(S(=O)(=O)N3CCc4ccccc4C3)c2)no1. The molecule has 0 aliphatic carbocycles. The molecule has 0 radical (unpaired) electrons. The molecule has 0 atom stereocenters. The Hall–Kier alpha value is -2.51. The van der Waals surface area contributed by atoms with E-state index in [0.717, 1.165) is 12.0 Å². The van der Waals surface area contributed by atoms with Crippen LogP contribution in [0.3, 0.4) is 0 Å². The van der Waals surface area contributed by atoms with Gasteiger partial charge in [0.1, 0.15) is 0 Å². The third-order valence-corrected chi connectivity index (χ3v) is 6.67. The van der Waals surface area contributed by atoms with E-state index in [1.165, 1.54) is 5.56 Å². The molecule has 2 aromatic carbocycles. The smallest absolute Gasteiger partial charge is 0.243 e. The average molecular weight is 369 g/mol. The van der Waals surface area contributed by atoms with Crippen LogP contribution in [0.15, 0.2) is 51.9 Å².